The summed E-state index contributed by atoms with van der Waals surface area (Å²) in [4.78, 5) is 57.6. The summed E-state index contributed by atoms with van der Waals surface area (Å²) in [6.07, 6.45) is -0.962. The first-order chi connectivity index (χ1) is 27.3. The minimum absolute atomic E-state index is 0.0351. The number of sulfonamides is 1. The van der Waals surface area contributed by atoms with E-state index in [1.807, 2.05) is 13.0 Å². The maximum atomic E-state index is 14.9. The van der Waals surface area contributed by atoms with E-state index in [0.717, 1.165) is 0 Å². The minimum atomic E-state index is -4.92. The van der Waals surface area contributed by atoms with Crippen LogP contribution in [0, 0.1) is 17.8 Å². The molecule has 7 unspecified atom stereocenters. The van der Waals surface area contributed by atoms with E-state index in [1.165, 1.54) is 4.90 Å². The number of amides is 4. The topological polar surface area (TPSA) is 195 Å². The van der Waals surface area contributed by atoms with Gasteiger partial charge in [0, 0.05) is 12.3 Å². The Kier molecular flexibility index (Phi) is 12.2. The number of ether oxygens (including phenoxy) is 3. The molecule has 3 fully saturated rings. The maximum absolute atomic E-state index is 14.9. The number of allylic oxidation sites excluding steroid dienone is 1. The molecular weight excluding hydrogens is 786 g/mol. The third-order valence-electron chi connectivity index (χ3n) is 11.5. The molecule has 1 aromatic heterocycles. The van der Waals surface area contributed by atoms with Crippen molar-refractivity contribution in [1.29, 1.82) is 0 Å². The number of rotatable bonds is 10. The smallest absolute Gasteiger partial charge is 0.427 e. The fourth-order valence-corrected chi connectivity index (χ4v) is 9.07. The fourth-order valence-electron chi connectivity index (χ4n) is 7.71. The summed E-state index contributed by atoms with van der Waals surface area (Å²) in [5.74, 6) is -3.26. The molecule has 4 amide bonds. The molecule has 0 spiro atoms. The zero-order valence-electron chi connectivity index (χ0n) is 33.1. The van der Waals surface area contributed by atoms with Crippen LogP contribution in [0.25, 0.3) is 10.8 Å². The molecule has 2 saturated carbocycles. The molecule has 3 heterocycles. The van der Waals surface area contributed by atoms with Crippen LogP contribution in [0.5, 0.6) is 11.8 Å². The zero-order valence-corrected chi connectivity index (χ0v) is 34.0. The standard InChI is InChI=1S/C39H51F3N6O9S/c1-6-23-18-22(3)12-8-9-13-24-20-38(24,35(51)47-58(53,54)26-16-17-26)44-31(49)29-19-25(56-33-28-15-11-10-14-27(28)32(45-46-33)55-7-2)21-48(29)34(50)30(23)43-36(52)57-37(4,5)39(40,41)42/h9-11,13-15,22-26,29-30H,6-8,12,16-21H2,1-5H3,(H,43,52)(H,44,49)(H,47,51). The quantitative estimate of drug-likeness (QED) is 0.281. The number of hydrogen-bond acceptors (Lipinski definition) is 11. The van der Waals surface area contributed by atoms with Gasteiger partial charge in [0.15, 0.2) is 0 Å². The van der Waals surface area contributed by atoms with Crippen LogP contribution >= 0.6 is 0 Å². The van der Waals surface area contributed by atoms with E-state index in [-0.39, 0.29) is 37.1 Å². The zero-order chi connectivity index (χ0) is 42.2. The molecule has 1 saturated heterocycles. The van der Waals surface area contributed by atoms with Gasteiger partial charge in [0.05, 0.1) is 29.2 Å². The van der Waals surface area contributed by atoms with Gasteiger partial charge in [-0.3, -0.25) is 19.1 Å². The normalized spacial score (nSPS) is 28.3. The summed E-state index contributed by atoms with van der Waals surface area (Å²) in [6.45, 7) is 7.03. The first-order valence-electron chi connectivity index (χ1n) is 19.8. The number of hydrogen-bond donors (Lipinski definition) is 3. The van der Waals surface area contributed by atoms with Crippen molar-refractivity contribution in [1.82, 2.24) is 30.5 Å². The van der Waals surface area contributed by atoms with E-state index in [4.69, 9.17) is 14.2 Å². The lowest BCUT2D eigenvalue weighted by Crippen LogP contribution is -2.59. The van der Waals surface area contributed by atoms with E-state index in [9.17, 15) is 40.8 Å². The van der Waals surface area contributed by atoms with Gasteiger partial charge in [0.25, 0.3) is 5.91 Å². The van der Waals surface area contributed by atoms with Gasteiger partial charge in [-0.2, -0.15) is 13.2 Å². The van der Waals surface area contributed by atoms with Crippen molar-refractivity contribution in [2.45, 2.75) is 127 Å². The van der Waals surface area contributed by atoms with Gasteiger partial charge >= 0.3 is 12.3 Å². The summed E-state index contributed by atoms with van der Waals surface area (Å²) >= 11 is 0. The molecule has 6 rings (SSSR count). The molecule has 0 radical (unpaired) electrons. The van der Waals surface area contributed by atoms with Crippen LogP contribution in [-0.4, -0.2) is 101 Å². The maximum Gasteiger partial charge on any atom is 0.427 e. The second-order valence-electron chi connectivity index (χ2n) is 16.3. The number of alkyl carbamates (subject to hydrolysis) is 1. The first kappa shape index (κ1) is 42.9. The number of fused-ring (bicyclic) bond motifs is 3. The highest BCUT2D eigenvalue weighted by molar-refractivity contribution is 7.91. The number of nitrogens with one attached hydrogen (secondary N) is 3. The van der Waals surface area contributed by atoms with Crippen LogP contribution in [0.4, 0.5) is 18.0 Å². The van der Waals surface area contributed by atoms with Crippen molar-refractivity contribution in [2.75, 3.05) is 13.2 Å². The minimum Gasteiger partial charge on any atom is -0.476 e. The van der Waals surface area contributed by atoms with Crippen molar-refractivity contribution in [3.05, 3.63) is 36.4 Å². The largest absolute Gasteiger partial charge is 0.476 e. The van der Waals surface area contributed by atoms with E-state index in [2.05, 4.69) is 25.6 Å². The predicted molar refractivity (Wildman–Crippen MR) is 204 cm³/mol. The number of alkyl halides is 3. The number of benzene rings is 1. The van der Waals surface area contributed by atoms with Gasteiger partial charge < -0.3 is 29.7 Å². The number of aromatic nitrogens is 2. The Labute approximate surface area is 335 Å². The molecule has 2 aromatic rings. The van der Waals surface area contributed by atoms with Crippen molar-refractivity contribution < 1.29 is 55.0 Å². The highest BCUT2D eigenvalue weighted by Crippen LogP contribution is 2.46. The van der Waals surface area contributed by atoms with Crippen molar-refractivity contribution in [2.24, 2.45) is 17.8 Å². The van der Waals surface area contributed by atoms with E-state index in [0.29, 0.717) is 69.8 Å². The molecule has 4 aliphatic rings. The Morgan fingerprint density at radius 2 is 1.71 bits per heavy atom. The summed E-state index contributed by atoms with van der Waals surface area (Å²) in [6, 6.07) is 4.30. The fraction of sp³-hybridized carbons (Fsp3) is 0.641. The van der Waals surface area contributed by atoms with Gasteiger partial charge in [0.2, 0.25) is 39.2 Å². The molecule has 2 aliphatic heterocycles. The summed E-state index contributed by atoms with van der Waals surface area (Å²) in [5.41, 5.74) is -4.52. The lowest BCUT2D eigenvalue weighted by atomic mass is 9.85. The van der Waals surface area contributed by atoms with Crippen molar-refractivity contribution >= 4 is 44.6 Å². The molecule has 2 aliphatic carbocycles. The molecule has 7 atom stereocenters. The summed E-state index contributed by atoms with van der Waals surface area (Å²) in [5, 5.41) is 14.0. The Bertz CT molecular complexity index is 2050. The highest BCUT2D eigenvalue weighted by Gasteiger charge is 2.62. The van der Waals surface area contributed by atoms with E-state index >= 15 is 0 Å². The van der Waals surface area contributed by atoms with Crippen molar-refractivity contribution in [3.63, 3.8) is 0 Å². The third kappa shape index (κ3) is 9.13. The van der Waals surface area contributed by atoms with Gasteiger partial charge in [-0.05, 0) is 83.3 Å². The second kappa shape index (κ2) is 16.5. The molecule has 0 bridgehead atoms. The third-order valence-corrected chi connectivity index (χ3v) is 13.3. The molecule has 318 valence electrons. The van der Waals surface area contributed by atoms with Gasteiger partial charge in [-0.25, -0.2) is 13.2 Å². The monoisotopic (exact) mass is 836 g/mol. The summed E-state index contributed by atoms with van der Waals surface area (Å²) in [7, 11) is -3.99. The number of carbonyl (C=O) groups excluding carboxylic acids is 4. The Morgan fingerprint density at radius 1 is 1.03 bits per heavy atom. The lowest BCUT2D eigenvalue weighted by Gasteiger charge is -2.35. The molecule has 1 aromatic carbocycles. The van der Waals surface area contributed by atoms with Crippen LogP contribution in [0.2, 0.25) is 0 Å². The number of nitrogens with zero attached hydrogens (tertiary/aromatic N) is 3. The van der Waals surface area contributed by atoms with Crippen LogP contribution in [0.15, 0.2) is 36.4 Å². The number of carbonyl (C=O) groups is 4. The lowest BCUT2D eigenvalue weighted by molar-refractivity contribution is -0.244. The Morgan fingerprint density at radius 3 is 2.34 bits per heavy atom. The Hall–Kier alpha value is -4.68. The van der Waals surface area contributed by atoms with Crippen molar-refractivity contribution in [3.8, 4) is 11.8 Å². The van der Waals surface area contributed by atoms with Gasteiger partial charge in [-0.1, -0.05) is 44.6 Å². The highest BCUT2D eigenvalue weighted by atomic mass is 32.2. The molecule has 19 heteroatoms. The molecule has 3 N–H and O–H groups in total. The van der Waals surface area contributed by atoms with Gasteiger partial charge in [0.1, 0.15) is 23.7 Å². The van der Waals surface area contributed by atoms with Crippen LogP contribution in [0.1, 0.15) is 86.0 Å². The van der Waals surface area contributed by atoms with E-state index < -0.39 is 86.4 Å². The average Bonchev–Trinajstić information content (AvgIpc) is 4.08. The average molecular weight is 837 g/mol. The van der Waals surface area contributed by atoms with E-state index in [1.54, 1.807) is 44.2 Å². The molecular formula is C39H51F3N6O9S. The Balaban J connectivity index is 1.37. The number of halogens is 3. The molecule has 15 nitrogen and oxygen atoms in total. The summed E-state index contributed by atoms with van der Waals surface area (Å²) < 4.78 is 86.1. The van der Waals surface area contributed by atoms with Crippen LogP contribution in [0.3, 0.4) is 0 Å². The van der Waals surface area contributed by atoms with Gasteiger partial charge in [-0.15, -0.1) is 10.2 Å². The molecule has 58 heavy (non-hydrogen) atoms. The van der Waals surface area contributed by atoms with Crippen LogP contribution < -0.4 is 24.8 Å². The van der Waals surface area contributed by atoms with Crippen LogP contribution in [-0.2, 0) is 29.1 Å². The predicted octanol–water partition coefficient (Wildman–Crippen LogP) is 4.70. The second-order valence-corrected chi connectivity index (χ2v) is 18.2. The first-order valence-corrected chi connectivity index (χ1v) is 21.3. The SMILES string of the molecule is CCOc1nnc(OC2CC3C(=O)NC4(C(=O)NS(=O)(=O)C5CC5)CC4C=CCCC(C)CC(CC)C(NC(=O)OC(C)(C)C(F)(F)F)C(=O)N3C2)c2ccccc12.